The van der Waals surface area contributed by atoms with Crippen molar-refractivity contribution in [3.63, 3.8) is 0 Å². The summed E-state index contributed by atoms with van der Waals surface area (Å²) in [6.45, 7) is 2.96. The van der Waals surface area contributed by atoms with Crippen molar-refractivity contribution in [1.29, 1.82) is 0 Å². The van der Waals surface area contributed by atoms with Gasteiger partial charge in [-0.25, -0.2) is 0 Å². The molecule has 106 valence electrons. The molecule has 1 atom stereocenters. The molecule has 0 radical (unpaired) electrons. The molecular weight excluding hydrogens is 268 g/mol. The molecule has 0 aliphatic carbocycles. The first kappa shape index (κ1) is 14.9. The molecule has 0 aromatic heterocycles. The van der Waals surface area contributed by atoms with Crippen LogP contribution in [0.1, 0.15) is 30.5 Å². The highest BCUT2D eigenvalue weighted by atomic mass is 35.5. The zero-order valence-corrected chi connectivity index (χ0v) is 12.8. The first-order chi connectivity index (χ1) is 9.60. The fraction of sp³-hybridized carbons (Fsp3) is 0.294. The van der Waals surface area contributed by atoms with Crippen molar-refractivity contribution in [2.75, 3.05) is 11.9 Å². The maximum atomic E-state index is 6.03. The number of hydrogen-bond acceptors (Lipinski definition) is 2. The Labute approximate surface area is 126 Å². The Balaban J connectivity index is 2.05. The van der Waals surface area contributed by atoms with Crippen molar-refractivity contribution >= 4 is 17.3 Å². The molecule has 0 saturated heterocycles. The quantitative estimate of drug-likeness (QED) is 0.884. The van der Waals surface area contributed by atoms with Gasteiger partial charge in [0.2, 0.25) is 0 Å². The molecule has 0 heterocycles. The van der Waals surface area contributed by atoms with Crippen LogP contribution in [0.4, 0.5) is 5.69 Å². The summed E-state index contributed by atoms with van der Waals surface area (Å²) in [5, 5.41) is 0.773. The monoisotopic (exact) mass is 288 g/mol. The molecule has 20 heavy (non-hydrogen) atoms. The Morgan fingerprint density at radius 3 is 2.20 bits per heavy atom. The molecule has 2 N–H and O–H groups in total. The van der Waals surface area contributed by atoms with Crippen LogP contribution < -0.4 is 10.6 Å². The molecule has 0 bridgehead atoms. The summed E-state index contributed by atoms with van der Waals surface area (Å²) in [4.78, 5) is 2.21. The van der Waals surface area contributed by atoms with Crippen LogP contribution >= 0.6 is 11.6 Å². The van der Waals surface area contributed by atoms with E-state index in [0.29, 0.717) is 0 Å². The molecule has 1 unspecified atom stereocenters. The van der Waals surface area contributed by atoms with Gasteiger partial charge in [-0.1, -0.05) is 42.8 Å². The number of nitrogens with two attached hydrogens (primary N) is 1. The molecule has 2 aromatic carbocycles. The van der Waals surface area contributed by atoms with Crippen LogP contribution in [0.15, 0.2) is 48.5 Å². The van der Waals surface area contributed by atoms with Crippen LogP contribution in [0, 0.1) is 0 Å². The number of rotatable bonds is 5. The molecule has 2 nitrogen and oxygen atoms in total. The predicted octanol–water partition coefficient (Wildman–Crippen LogP) is 4.39. The zero-order valence-electron chi connectivity index (χ0n) is 12.0. The second-order valence-electron chi connectivity index (χ2n) is 5.09. The van der Waals surface area contributed by atoms with Crippen molar-refractivity contribution in [3.8, 4) is 0 Å². The number of halogens is 1. The minimum atomic E-state index is 0.130. The van der Waals surface area contributed by atoms with Gasteiger partial charge < -0.3 is 10.6 Å². The van der Waals surface area contributed by atoms with E-state index in [1.54, 1.807) is 0 Å². The molecular formula is C17H21ClN2. The van der Waals surface area contributed by atoms with Crippen molar-refractivity contribution in [1.82, 2.24) is 0 Å². The predicted molar refractivity (Wildman–Crippen MR) is 87.2 cm³/mol. The zero-order chi connectivity index (χ0) is 14.5. The fourth-order valence-corrected chi connectivity index (χ4v) is 2.29. The van der Waals surface area contributed by atoms with E-state index in [4.69, 9.17) is 17.3 Å². The van der Waals surface area contributed by atoms with Crippen LogP contribution in [-0.2, 0) is 6.54 Å². The summed E-state index contributed by atoms with van der Waals surface area (Å²) < 4.78 is 0. The summed E-state index contributed by atoms with van der Waals surface area (Å²) in [7, 11) is 2.09. The lowest BCUT2D eigenvalue weighted by Crippen LogP contribution is -2.16. The maximum absolute atomic E-state index is 6.03. The summed E-state index contributed by atoms with van der Waals surface area (Å²) in [5.41, 5.74) is 9.65. The van der Waals surface area contributed by atoms with Crippen molar-refractivity contribution in [3.05, 3.63) is 64.7 Å². The molecule has 0 amide bonds. The lowest BCUT2D eigenvalue weighted by atomic mass is 10.1. The second kappa shape index (κ2) is 6.78. The van der Waals surface area contributed by atoms with Gasteiger partial charge in [-0.15, -0.1) is 0 Å². The molecule has 0 aliphatic heterocycles. The Morgan fingerprint density at radius 1 is 1.05 bits per heavy atom. The first-order valence-corrected chi connectivity index (χ1v) is 7.29. The average molecular weight is 289 g/mol. The Hall–Kier alpha value is -1.51. The van der Waals surface area contributed by atoms with Crippen molar-refractivity contribution in [2.45, 2.75) is 25.9 Å². The second-order valence-corrected chi connectivity index (χ2v) is 5.53. The van der Waals surface area contributed by atoms with Gasteiger partial charge in [0, 0.05) is 30.3 Å². The third-order valence-corrected chi connectivity index (χ3v) is 3.79. The molecule has 2 aromatic rings. The van der Waals surface area contributed by atoms with Gasteiger partial charge in [0.1, 0.15) is 0 Å². The topological polar surface area (TPSA) is 29.3 Å². The van der Waals surface area contributed by atoms with Gasteiger partial charge in [-0.3, -0.25) is 0 Å². The van der Waals surface area contributed by atoms with E-state index in [0.717, 1.165) is 18.0 Å². The van der Waals surface area contributed by atoms with Gasteiger partial charge in [-0.05, 0) is 41.8 Å². The van der Waals surface area contributed by atoms with E-state index in [2.05, 4.69) is 55.3 Å². The lowest BCUT2D eigenvalue weighted by Gasteiger charge is -2.20. The van der Waals surface area contributed by atoms with E-state index in [1.165, 1.54) is 16.8 Å². The number of nitrogens with zero attached hydrogens (tertiary/aromatic N) is 1. The van der Waals surface area contributed by atoms with Gasteiger partial charge in [-0.2, -0.15) is 0 Å². The van der Waals surface area contributed by atoms with E-state index in [-0.39, 0.29) is 6.04 Å². The Kier molecular flexibility index (Phi) is 5.05. The van der Waals surface area contributed by atoms with Crippen LogP contribution in [-0.4, -0.2) is 7.05 Å². The molecule has 0 aliphatic rings. The first-order valence-electron chi connectivity index (χ1n) is 6.91. The number of hydrogen-bond donors (Lipinski definition) is 1. The molecule has 3 heteroatoms. The Morgan fingerprint density at radius 2 is 1.65 bits per heavy atom. The van der Waals surface area contributed by atoms with Crippen molar-refractivity contribution < 1.29 is 0 Å². The SMILES string of the molecule is CCC(N)c1ccc(N(C)Cc2ccc(Cl)cc2)cc1. The normalized spacial score (nSPS) is 12.2. The maximum Gasteiger partial charge on any atom is 0.0426 e. The average Bonchev–Trinajstić information content (AvgIpc) is 2.49. The van der Waals surface area contributed by atoms with Gasteiger partial charge >= 0.3 is 0 Å². The summed E-state index contributed by atoms with van der Waals surface area (Å²) in [5.74, 6) is 0. The third-order valence-electron chi connectivity index (χ3n) is 3.53. The smallest absolute Gasteiger partial charge is 0.0426 e. The molecule has 0 spiro atoms. The van der Waals surface area contributed by atoms with Crippen LogP contribution in [0.2, 0.25) is 5.02 Å². The van der Waals surface area contributed by atoms with Crippen LogP contribution in [0.25, 0.3) is 0 Å². The molecule has 2 rings (SSSR count). The highest BCUT2D eigenvalue weighted by Crippen LogP contribution is 2.20. The third kappa shape index (κ3) is 3.75. The number of anilines is 1. The van der Waals surface area contributed by atoms with E-state index < -0.39 is 0 Å². The standard InChI is InChI=1S/C17H21ClN2/c1-3-17(19)14-6-10-16(11-7-14)20(2)12-13-4-8-15(18)9-5-13/h4-11,17H,3,12,19H2,1-2H3. The number of benzene rings is 2. The van der Waals surface area contributed by atoms with Gasteiger partial charge in [0.05, 0.1) is 0 Å². The minimum absolute atomic E-state index is 0.130. The van der Waals surface area contributed by atoms with E-state index in [9.17, 15) is 0 Å². The Bertz CT molecular complexity index is 534. The van der Waals surface area contributed by atoms with Crippen LogP contribution in [0.3, 0.4) is 0 Å². The summed E-state index contributed by atoms with van der Waals surface area (Å²) in [6.07, 6.45) is 0.958. The summed E-state index contributed by atoms with van der Waals surface area (Å²) in [6, 6.07) is 16.6. The van der Waals surface area contributed by atoms with E-state index >= 15 is 0 Å². The van der Waals surface area contributed by atoms with Gasteiger partial charge in [0.25, 0.3) is 0 Å². The summed E-state index contributed by atoms with van der Waals surface area (Å²) >= 11 is 5.90. The van der Waals surface area contributed by atoms with Gasteiger partial charge in [0.15, 0.2) is 0 Å². The highest BCUT2D eigenvalue weighted by Gasteiger charge is 2.05. The minimum Gasteiger partial charge on any atom is -0.370 e. The van der Waals surface area contributed by atoms with E-state index in [1.807, 2.05) is 12.1 Å². The highest BCUT2D eigenvalue weighted by molar-refractivity contribution is 6.30. The van der Waals surface area contributed by atoms with Crippen molar-refractivity contribution in [2.24, 2.45) is 5.73 Å². The fourth-order valence-electron chi connectivity index (χ4n) is 2.17. The lowest BCUT2D eigenvalue weighted by molar-refractivity contribution is 0.698. The largest absolute Gasteiger partial charge is 0.370 e. The molecule has 0 fully saturated rings. The van der Waals surface area contributed by atoms with Crippen LogP contribution in [0.5, 0.6) is 0 Å². The molecule has 0 saturated carbocycles.